The van der Waals surface area contributed by atoms with Crippen molar-refractivity contribution in [1.82, 2.24) is 15.4 Å². The van der Waals surface area contributed by atoms with Crippen LogP contribution in [0, 0.1) is 0 Å². The summed E-state index contributed by atoms with van der Waals surface area (Å²) in [5.74, 6) is 0. The summed E-state index contributed by atoms with van der Waals surface area (Å²) in [4.78, 5) is 6.98. The molecule has 2 N–H and O–H groups in total. The van der Waals surface area contributed by atoms with Crippen molar-refractivity contribution < 1.29 is 0 Å². The van der Waals surface area contributed by atoms with Crippen molar-refractivity contribution in [3.8, 4) is 0 Å². The van der Waals surface area contributed by atoms with Crippen molar-refractivity contribution in [3.05, 3.63) is 54.1 Å². The van der Waals surface area contributed by atoms with Gasteiger partial charge in [-0.15, -0.1) is 0 Å². The highest BCUT2D eigenvalue weighted by Gasteiger charge is 1.88. The number of H-pyrrole nitrogens is 1. The molecule has 0 aliphatic rings. The fourth-order valence-electron chi connectivity index (χ4n) is 1.18. The highest BCUT2D eigenvalue weighted by atomic mass is 15.3. The zero-order valence-electron chi connectivity index (χ0n) is 8.22. The summed E-state index contributed by atoms with van der Waals surface area (Å²) in [6.45, 7) is 0.708. The molecule has 0 aliphatic heterocycles. The number of nitrogens with one attached hydrogen (secondary N) is 2. The molecule has 0 unspecified atom stereocenters. The summed E-state index contributed by atoms with van der Waals surface area (Å²) in [5.41, 5.74) is 5.11. The summed E-state index contributed by atoms with van der Waals surface area (Å²) in [5, 5.41) is 4.08. The first-order chi connectivity index (χ1) is 7.45. The van der Waals surface area contributed by atoms with Crippen molar-refractivity contribution in [1.29, 1.82) is 0 Å². The Morgan fingerprint density at radius 2 is 2.20 bits per heavy atom. The van der Waals surface area contributed by atoms with Crippen molar-refractivity contribution in [2.45, 2.75) is 6.54 Å². The second-order valence-corrected chi connectivity index (χ2v) is 3.07. The summed E-state index contributed by atoms with van der Waals surface area (Å²) >= 11 is 0. The summed E-state index contributed by atoms with van der Waals surface area (Å²) in [7, 11) is 0. The molecule has 2 heterocycles. The molecule has 0 spiro atoms. The minimum absolute atomic E-state index is 0.708. The second kappa shape index (κ2) is 4.95. The van der Waals surface area contributed by atoms with Gasteiger partial charge in [-0.1, -0.05) is 0 Å². The zero-order chi connectivity index (χ0) is 10.3. The summed E-state index contributed by atoms with van der Waals surface area (Å²) in [6, 6.07) is 7.80. The van der Waals surface area contributed by atoms with Gasteiger partial charge in [-0.05, 0) is 29.8 Å². The average Bonchev–Trinajstić information content (AvgIpc) is 2.79. The smallest absolute Gasteiger partial charge is 0.0703 e. The molecule has 0 bridgehead atoms. The lowest BCUT2D eigenvalue weighted by Crippen LogP contribution is -2.05. The molecule has 0 saturated carbocycles. The number of nitrogens with zero attached hydrogens (tertiary/aromatic N) is 2. The lowest BCUT2D eigenvalue weighted by Gasteiger charge is -1.98. The van der Waals surface area contributed by atoms with Crippen molar-refractivity contribution in [2.75, 3.05) is 0 Å². The molecule has 0 saturated heterocycles. The number of rotatable bonds is 4. The number of pyridine rings is 1. The minimum Gasteiger partial charge on any atom is -0.360 e. The predicted octanol–water partition coefficient (Wildman–Crippen LogP) is 1.53. The van der Waals surface area contributed by atoms with Gasteiger partial charge in [-0.3, -0.25) is 4.98 Å². The van der Waals surface area contributed by atoms with Crippen LogP contribution in [0.2, 0.25) is 0 Å². The van der Waals surface area contributed by atoms with Crippen LogP contribution in [0.5, 0.6) is 0 Å². The van der Waals surface area contributed by atoms with E-state index >= 15 is 0 Å². The van der Waals surface area contributed by atoms with Gasteiger partial charge in [0.25, 0.3) is 0 Å². The van der Waals surface area contributed by atoms with Crippen LogP contribution in [0.25, 0.3) is 0 Å². The maximum Gasteiger partial charge on any atom is 0.0703 e. The van der Waals surface area contributed by atoms with E-state index in [-0.39, 0.29) is 0 Å². The van der Waals surface area contributed by atoms with Gasteiger partial charge in [0.05, 0.1) is 18.5 Å². The van der Waals surface area contributed by atoms with Gasteiger partial charge >= 0.3 is 0 Å². The van der Waals surface area contributed by atoms with E-state index in [1.54, 1.807) is 18.6 Å². The second-order valence-electron chi connectivity index (χ2n) is 3.07. The number of hydrogen-bond donors (Lipinski definition) is 2. The molecule has 0 fully saturated rings. The van der Waals surface area contributed by atoms with Crippen molar-refractivity contribution >= 4 is 6.21 Å². The molecule has 76 valence electrons. The molecule has 4 heteroatoms. The lowest BCUT2D eigenvalue weighted by atomic mass is 10.3. The van der Waals surface area contributed by atoms with Gasteiger partial charge in [0, 0.05) is 18.6 Å². The maximum atomic E-state index is 4.08. The van der Waals surface area contributed by atoms with Gasteiger partial charge in [0.15, 0.2) is 0 Å². The molecule has 0 radical (unpaired) electrons. The van der Waals surface area contributed by atoms with Crippen molar-refractivity contribution in [2.24, 2.45) is 5.10 Å². The number of hydrogen-bond acceptors (Lipinski definition) is 3. The molecule has 0 amide bonds. The topological polar surface area (TPSA) is 53.1 Å². The van der Waals surface area contributed by atoms with E-state index in [2.05, 4.69) is 20.5 Å². The zero-order valence-corrected chi connectivity index (χ0v) is 8.22. The Labute approximate surface area is 88.1 Å². The third kappa shape index (κ3) is 2.95. The Balaban J connectivity index is 1.80. The van der Waals surface area contributed by atoms with E-state index in [0.29, 0.717) is 6.54 Å². The number of aromatic nitrogens is 2. The Bertz CT molecular complexity index is 405. The molecular formula is C11H12N4. The summed E-state index contributed by atoms with van der Waals surface area (Å²) < 4.78 is 0. The van der Waals surface area contributed by atoms with Crippen LogP contribution < -0.4 is 5.43 Å². The van der Waals surface area contributed by atoms with Crippen LogP contribution in [0.3, 0.4) is 0 Å². The van der Waals surface area contributed by atoms with Gasteiger partial charge in [-0.25, -0.2) is 0 Å². The third-order valence-electron chi connectivity index (χ3n) is 1.95. The molecule has 2 aromatic rings. The van der Waals surface area contributed by atoms with Gasteiger partial charge in [-0.2, -0.15) is 5.10 Å². The number of hydrazone groups is 1. The van der Waals surface area contributed by atoms with Crippen LogP contribution in [0.4, 0.5) is 0 Å². The predicted molar refractivity (Wildman–Crippen MR) is 59.5 cm³/mol. The average molecular weight is 200 g/mol. The molecule has 2 rings (SSSR count). The quantitative estimate of drug-likeness (QED) is 0.581. The third-order valence-corrected chi connectivity index (χ3v) is 1.95. The Kier molecular flexibility index (Phi) is 3.12. The van der Waals surface area contributed by atoms with Gasteiger partial charge < -0.3 is 10.4 Å². The van der Waals surface area contributed by atoms with E-state index in [0.717, 1.165) is 11.3 Å². The van der Waals surface area contributed by atoms with Crippen LogP contribution in [0.1, 0.15) is 11.3 Å². The lowest BCUT2D eigenvalue weighted by molar-refractivity contribution is 0.746. The SMILES string of the molecule is C(=NNCc1ccncc1)c1ccc[nH]1. The van der Waals surface area contributed by atoms with Gasteiger partial charge in [0.2, 0.25) is 0 Å². The maximum absolute atomic E-state index is 4.08. The van der Waals surface area contributed by atoms with E-state index in [9.17, 15) is 0 Å². The Morgan fingerprint density at radius 1 is 1.33 bits per heavy atom. The Morgan fingerprint density at radius 3 is 2.93 bits per heavy atom. The number of aromatic amines is 1. The first-order valence-electron chi connectivity index (χ1n) is 4.73. The van der Waals surface area contributed by atoms with E-state index in [1.807, 2.05) is 30.5 Å². The Hall–Kier alpha value is -2.10. The van der Waals surface area contributed by atoms with E-state index < -0.39 is 0 Å². The molecule has 15 heavy (non-hydrogen) atoms. The van der Waals surface area contributed by atoms with E-state index in [4.69, 9.17) is 0 Å². The monoisotopic (exact) mass is 200 g/mol. The van der Waals surface area contributed by atoms with Crippen LogP contribution >= 0.6 is 0 Å². The first-order valence-corrected chi connectivity index (χ1v) is 4.73. The molecule has 4 nitrogen and oxygen atoms in total. The molecular weight excluding hydrogens is 188 g/mol. The standard InChI is InChI=1S/C11H12N4/c1-2-11(13-5-1)9-15-14-8-10-3-6-12-7-4-10/h1-7,9,13-14H,8H2. The van der Waals surface area contributed by atoms with Crippen LogP contribution in [-0.2, 0) is 6.54 Å². The first kappa shape index (κ1) is 9.45. The fourth-order valence-corrected chi connectivity index (χ4v) is 1.18. The summed E-state index contributed by atoms with van der Waals surface area (Å²) in [6.07, 6.45) is 7.16. The normalized spacial score (nSPS) is 10.7. The molecule has 0 atom stereocenters. The molecule has 0 aliphatic carbocycles. The van der Waals surface area contributed by atoms with Gasteiger partial charge in [0.1, 0.15) is 0 Å². The van der Waals surface area contributed by atoms with E-state index in [1.165, 1.54) is 0 Å². The molecule has 2 aromatic heterocycles. The largest absolute Gasteiger partial charge is 0.360 e. The molecule has 0 aromatic carbocycles. The van der Waals surface area contributed by atoms with Crippen LogP contribution in [0.15, 0.2) is 48.0 Å². The fraction of sp³-hybridized carbons (Fsp3) is 0.0909. The highest BCUT2D eigenvalue weighted by molar-refractivity contribution is 5.76. The minimum atomic E-state index is 0.708. The highest BCUT2D eigenvalue weighted by Crippen LogP contribution is 1.94. The van der Waals surface area contributed by atoms with Crippen LogP contribution in [-0.4, -0.2) is 16.2 Å². The van der Waals surface area contributed by atoms with Crippen molar-refractivity contribution in [3.63, 3.8) is 0 Å².